The van der Waals surface area contributed by atoms with Gasteiger partial charge in [0.05, 0.1) is 43.9 Å². The third-order valence-electron chi connectivity index (χ3n) is 4.87. The molecule has 0 aromatic heterocycles. The molecule has 0 amide bonds. The van der Waals surface area contributed by atoms with Gasteiger partial charge in [-0.15, -0.1) is 0 Å². The maximum atomic E-state index is 11.8. The summed E-state index contributed by atoms with van der Waals surface area (Å²) in [6.07, 6.45) is 5.68. The molecule has 0 aromatic rings. The Hall–Kier alpha value is -3.60. The zero-order valence-corrected chi connectivity index (χ0v) is 22.1. The summed E-state index contributed by atoms with van der Waals surface area (Å²) in [5.74, 6) is -1.72. The van der Waals surface area contributed by atoms with E-state index >= 15 is 0 Å². The molecule has 0 fully saturated rings. The molecule has 0 aliphatic carbocycles. The molecule has 1 unspecified atom stereocenters. The number of ketones is 2. The quantitative estimate of drug-likeness (QED) is 0.0790. The lowest BCUT2D eigenvalue weighted by molar-refractivity contribution is -0.156. The Morgan fingerprint density at radius 2 is 1.03 bits per heavy atom. The van der Waals surface area contributed by atoms with Crippen molar-refractivity contribution < 1.29 is 47.6 Å². The molecule has 210 valence electrons. The van der Waals surface area contributed by atoms with E-state index in [4.69, 9.17) is 28.4 Å². The molecule has 0 bridgehead atoms. The van der Waals surface area contributed by atoms with Crippen LogP contribution in [0.15, 0.2) is 75.6 Å². The molecule has 0 aliphatic rings. The van der Waals surface area contributed by atoms with E-state index in [0.29, 0.717) is 5.76 Å². The van der Waals surface area contributed by atoms with E-state index < -0.39 is 22.8 Å². The van der Waals surface area contributed by atoms with Crippen LogP contribution in [0.25, 0.3) is 0 Å². The number of ether oxygens (including phenoxy) is 6. The van der Waals surface area contributed by atoms with Gasteiger partial charge in [-0.2, -0.15) is 0 Å². The van der Waals surface area contributed by atoms with Crippen molar-refractivity contribution in [1.82, 2.24) is 0 Å². The minimum absolute atomic E-state index is 0.0101. The van der Waals surface area contributed by atoms with Crippen LogP contribution < -0.4 is 0 Å². The molecule has 10 heteroatoms. The lowest BCUT2D eigenvalue weighted by atomic mass is 9.91. The van der Waals surface area contributed by atoms with Gasteiger partial charge in [0.25, 0.3) is 0 Å². The van der Waals surface area contributed by atoms with E-state index in [9.17, 15) is 19.2 Å². The second-order valence-corrected chi connectivity index (χ2v) is 8.71. The highest BCUT2D eigenvalue weighted by Gasteiger charge is 2.36. The number of carbonyl (C=O) groups is 4. The lowest BCUT2D eigenvalue weighted by Crippen LogP contribution is -2.44. The third-order valence-corrected chi connectivity index (χ3v) is 4.87. The average molecular weight is 535 g/mol. The summed E-state index contributed by atoms with van der Waals surface area (Å²) < 4.78 is 33.1. The van der Waals surface area contributed by atoms with E-state index in [1.54, 1.807) is 6.92 Å². The minimum atomic E-state index is -1.13. The summed E-state index contributed by atoms with van der Waals surface area (Å²) in [6, 6.07) is 0. The summed E-state index contributed by atoms with van der Waals surface area (Å²) in [4.78, 5) is 46.8. The van der Waals surface area contributed by atoms with Crippen LogP contribution in [0, 0.1) is 10.8 Å². The fourth-order valence-corrected chi connectivity index (χ4v) is 2.66. The van der Waals surface area contributed by atoms with Crippen molar-refractivity contribution in [3.05, 3.63) is 75.6 Å². The number of hydrogen-bond donors (Lipinski definition) is 0. The average Bonchev–Trinajstić information content (AvgIpc) is 2.92. The van der Waals surface area contributed by atoms with E-state index in [1.165, 1.54) is 6.08 Å². The fraction of sp³-hybridized carbons (Fsp3) is 0.429. The van der Waals surface area contributed by atoms with Crippen molar-refractivity contribution in [3.8, 4) is 0 Å². The molecule has 0 aromatic carbocycles. The molecule has 1 atom stereocenters. The zero-order valence-electron chi connectivity index (χ0n) is 22.1. The summed E-state index contributed by atoms with van der Waals surface area (Å²) in [6.45, 7) is 21.4. The van der Waals surface area contributed by atoms with Crippen LogP contribution in [0.1, 0.15) is 6.92 Å². The predicted octanol–water partition coefficient (Wildman–Crippen LogP) is 2.71. The zero-order chi connectivity index (χ0) is 29.0. The molecule has 0 aliphatic heterocycles. The van der Waals surface area contributed by atoms with Crippen LogP contribution in [-0.4, -0.2) is 83.0 Å². The first-order valence-corrected chi connectivity index (χ1v) is 11.5. The van der Waals surface area contributed by atoms with Crippen LogP contribution in [0.5, 0.6) is 0 Å². The van der Waals surface area contributed by atoms with Gasteiger partial charge in [-0.3, -0.25) is 9.59 Å². The molecule has 38 heavy (non-hydrogen) atoms. The van der Waals surface area contributed by atoms with Crippen LogP contribution >= 0.6 is 0 Å². The highest BCUT2D eigenvalue weighted by atomic mass is 16.6. The standard InChI is InChI=1S/C28H38O10/c1-8-22(6)36-16-27(7,17-37-25(31)11-4)15-35-20-28(21-38-26(32)12-5,18-33-13-23(29)9-2)19-34-14-24(30)10-3/h8-12H,1-6,13-21H2,7H3. The Bertz CT molecular complexity index is 836. The van der Waals surface area contributed by atoms with Gasteiger partial charge in [0.2, 0.25) is 0 Å². The maximum absolute atomic E-state index is 11.8. The number of hydrogen-bond acceptors (Lipinski definition) is 10. The monoisotopic (exact) mass is 534 g/mol. The van der Waals surface area contributed by atoms with Crippen LogP contribution in [0.2, 0.25) is 0 Å². The molecule has 10 nitrogen and oxygen atoms in total. The van der Waals surface area contributed by atoms with Crippen LogP contribution in [0.4, 0.5) is 0 Å². The lowest BCUT2D eigenvalue weighted by Gasteiger charge is -2.34. The van der Waals surface area contributed by atoms with Crippen LogP contribution in [-0.2, 0) is 47.6 Å². The second kappa shape index (κ2) is 18.6. The number of carbonyl (C=O) groups excluding carboxylic acids is 4. The molecule has 0 N–H and O–H groups in total. The molecule has 0 heterocycles. The molecular formula is C28H38O10. The Morgan fingerprint density at radius 1 is 0.579 bits per heavy atom. The van der Waals surface area contributed by atoms with E-state index in [1.807, 2.05) is 0 Å². The topological polar surface area (TPSA) is 124 Å². The van der Waals surface area contributed by atoms with Crippen molar-refractivity contribution in [1.29, 1.82) is 0 Å². The molecule has 0 rings (SSSR count). The van der Waals surface area contributed by atoms with Crippen molar-refractivity contribution in [2.24, 2.45) is 10.8 Å². The first-order chi connectivity index (χ1) is 18.0. The van der Waals surface area contributed by atoms with E-state index in [0.717, 1.165) is 24.3 Å². The third kappa shape index (κ3) is 14.8. The first kappa shape index (κ1) is 34.4. The van der Waals surface area contributed by atoms with Gasteiger partial charge in [0.15, 0.2) is 11.6 Å². The van der Waals surface area contributed by atoms with Gasteiger partial charge in [-0.05, 0) is 18.2 Å². The van der Waals surface area contributed by atoms with Gasteiger partial charge in [0.1, 0.15) is 32.2 Å². The minimum Gasteiger partial charge on any atom is -0.493 e. The smallest absolute Gasteiger partial charge is 0.330 e. The van der Waals surface area contributed by atoms with Gasteiger partial charge in [-0.25, -0.2) is 9.59 Å². The number of allylic oxidation sites excluding steroid dienone is 1. The van der Waals surface area contributed by atoms with Crippen molar-refractivity contribution in [2.45, 2.75) is 6.92 Å². The number of esters is 2. The normalized spacial score (nSPS) is 12.2. The number of rotatable bonds is 24. The molecular weight excluding hydrogens is 496 g/mol. The van der Waals surface area contributed by atoms with Crippen LogP contribution in [0.3, 0.4) is 0 Å². The Balaban J connectivity index is 5.78. The molecule has 0 saturated carbocycles. The Kier molecular flexibility index (Phi) is 16.9. The predicted molar refractivity (Wildman–Crippen MR) is 141 cm³/mol. The van der Waals surface area contributed by atoms with Gasteiger partial charge in [0, 0.05) is 12.2 Å². The SMILES string of the molecule is C=CC(=C)OCC(C)(COCC(COCC(=O)C=C)(COCC(=O)C=C)COC(=O)C=C)COC(=O)C=C. The second-order valence-electron chi connectivity index (χ2n) is 8.71. The van der Waals surface area contributed by atoms with E-state index in [-0.39, 0.29) is 71.0 Å². The summed E-state index contributed by atoms with van der Waals surface area (Å²) in [7, 11) is 0. The Labute approximate surface area is 224 Å². The highest BCUT2D eigenvalue weighted by Crippen LogP contribution is 2.25. The van der Waals surface area contributed by atoms with Crippen molar-refractivity contribution in [3.63, 3.8) is 0 Å². The van der Waals surface area contributed by atoms with Gasteiger partial charge < -0.3 is 28.4 Å². The van der Waals surface area contributed by atoms with E-state index in [2.05, 4.69) is 39.5 Å². The Morgan fingerprint density at radius 3 is 1.47 bits per heavy atom. The van der Waals surface area contributed by atoms with Crippen molar-refractivity contribution in [2.75, 3.05) is 59.5 Å². The highest BCUT2D eigenvalue weighted by molar-refractivity contribution is 5.90. The summed E-state index contributed by atoms with van der Waals surface area (Å²) in [5, 5.41) is 0. The summed E-state index contributed by atoms with van der Waals surface area (Å²) >= 11 is 0. The fourth-order valence-electron chi connectivity index (χ4n) is 2.66. The van der Waals surface area contributed by atoms with Gasteiger partial charge in [-0.1, -0.05) is 46.4 Å². The molecule has 0 spiro atoms. The molecule has 0 saturated heterocycles. The summed E-state index contributed by atoms with van der Waals surface area (Å²) in [5.41, 5.74) is -1.97. The maximum Gasteiger partial charge on any atom is 0.330 e. The van der Waals surface area contributed by atoms with Gasteiger partial charge >= 0.3 is 11.9 Å². The molecule has 0 radical (unpaired) electrons. The van der Waals surface area contributed by atoms with Crippen molar-refractivity contribution >= 4 is 23.5 Å². The first-order valence-electron chi connectivity index (χ1n) is 11.5. The largest absolute Gasteiger partial charge is 0.493 e.